The second-order valence-electron chi connectivity index (χ2n) is 17.1. The summed E-state index contributed by atoms with van der Waals surface area (Å²) in [5.74, 6) is 1.06. The quantitative estimate of drug-likeness (QED) is 0.0324. The predicted octanol–water partition coefficient (Wildman–Crippen LogP) is 13.8. The van der Waals surface area contributed by atoms with Gasteiger partial charge in [0, 0.05) is 35.7 Å². The van der Waals surface area contributed by atoms with Crippen molar-refractivity contribution < 1.29 is 56.6 Å². The summed E-state index contributed by atoms with van der Waals surface area (Å²) < 4.78 is 80.9. The molecule has 0 saturated carbocycles. The van der Waals surface area contributed by atoms with Crippen molar-refractivity contribution >= 4 is 5.97 Å². The molecule has 12 heteroatoms. The van der Waals surface area contributed by atoms with Crippen LogP contribution in [0.3, 0.4) is 0 Å². The number of halogens is 1. The van der Waals surface area contributed by atoms with Crippen molar-refractivity contribution in [3.8, 4) is 51.7 Å². The Balaban J connectivity index is 1.46. The standard InChI is InChI=1S/C57H71FO11/c1-7-12-27-61-43-34-46(62-28-13-8-2)44-36-51(53(68-47(44)35-43)42-32-49(63-29-14-9-3)54(65-31-16-11-5)50(33-42)64-30-15-10-4)69-57(59)45-37-48(60-6)55(66-38-40-23-19-17-20-24-40)56(52(45)58)67-39-41-25-21-18-22-26-41/h17-26,32-35,37,51,53H,7-16,27-31,36,38-39H2,1-6H3/t51-,53+/m1/s1. The molecule has 5 aromatic rings. The maximum atomic E-state index is 17.2. The molecule has 0 aromatic heterocycles. The van der Waals surface area contributed by atoms with E-state index in [1.807, 2.05) is 84.9 Å². The number of hydrogen-bond donors (Lipinski definition) is 0. The summed E-state index contributed by atoms with van der Waals surface area (Å²) in [7, 11) is 1.43. The molecule has 1 aliphatic rings. The van der Waals surface area contributed by atoms with E-state index >= 15 is 4.39 Å². The molecule has 0 saturated heterocycles. The van der Waals surface area contributed by atoms with E-state index in [9.17, 15) is 4.79 Å². The fraction of sp³-hybridized carbons (Fsp3) is 0.456. The number of benzene rings is 5. The van der Waals surface area contributed by atoms with E-state index in [0.29, 0.717) is 78.7 Å². The summed E-state index contributed by atoms with van der Waals surface area (Å²) in [4.78, 5) is 14.8. The molecule has 0 N–H and O–H groups in total. The highest BCUT2D eigenvalue weighted by atomic mass is 19.1. The monoisotopic (exact) mass is 950 g/mol. The molecule has 11 nitrogen and oxygen atoms in total. The predicted molar refractivity (Wildman–Crippen MR) is 266 cm³/mol. The molecule has 69 heavy (non-hydrogen) atoms. The van der Waals surface area contributed by atoms with Crippen LogP contribution in [0.5, 0.6) is 51.7 Å². The molecule has 0 aliphatic carbocycles. The largest absolute Gasteiger partial charge is 0.493 e. The Hall–Kier alpha value is -6.30. The second-order valence-corrected chi connectivity index (χ2v) is 17.1. The van der Waals surface area contributed by atoms with Gasteiger partial charge in [-0.15, -0.1) is 0 Å². The van der Waals surface area contributed by atoms with Crippen molar-refractivity contribution in [1.82, 2.24) is 0 Å². The third kappa shape index (κ3) is 14.6. The van der Waals surface area contributed by atoms with Crippen LogP contribution in [0.15, 0.2) is 91.0 Å². The zero-order valence-electron chi connectivity index (χ0n) is 41.4. The highest BCUT2D eigenvalue weighted by Crippen LogP contribution is 2.48. The van der Waals surface area contributed by atoms with Gasteiger partial charge in [0.1, 0.15) is 42.1 Å². The van der Waals surface area contributed by atoms with Crippen LogP contribution in [-0.4, -0.2) is 52.2 Å². The summed E-state index contributed by atoms with van der Waals surface area (Å²) in [6.07, 6.45) is 7.10. The molecular formula is C57H71FO11. The topological polar surface area (TPSA) is 109 Å². The van der Waals surface area contributed by atoms with E-state index in [-0.39, 0.29) is 36.9 Å². The number of esters is 1. The Kier molecular flexibility index (Phi) is 20.9. The minimum Gasteiger partial charge on any atom is -0.493 e. The van der Waals surface area contributed by atoms with E-state index in [1.165, 1.54) is 13.2 Å². The van der Waals surface area contributed by atoms with E-state index in [1.54, 1.807) is 0 Å². The van der Waals surface area contributed by atoms with Crippen LogP contribution in [0.25, 0.3) is 0 Å². The third-order valence-corrected chi connectivity index (χ3v) is 11.6. The van der Waals surface area contributed by atoms with Crippen molar-refractivity contribution in [2.24, 2.45) is 0 Å². The lowest BCUT2D eigenvalue weighted by Gasteiger charge is -2.35. The number of rotatable bonds is 30. The van der Waals surface area contributed by atoms with Gasteiger partial charge in [-0.3, -0.25) is 0 Å². The number of carbonyl (C=O) groups excluding carboxylic acids is 1. The van der Waals surface area contributed by atoms with Gasteiger partial charge in [-0.2, -0.15) is 0 Å². The minimum absolute atomic E-state index is 0.00906. The van der Waals surface area contributed by atoms with Gasteiger partial charge in [-0.25, -0.2) is 9.18 Å². The van der Waals surface area contributed by atoms with Crippen LogP contribution >= 0.6 is 0 Å². The first-order chi connectivity index (χ1) is 33.8. The smallest absolute Gasteiger partial charge is 0.341 e. The first kappa shape index (κ1) is 52.1. The first-order valence-corrected chi connectivity index (χ1v) is 24.9. The van der Waals surface area contributed by atoms with Gasteiger partial charge in [0.05, 0.1) is 40.1 Å². The maximum absolute atomic E-state index is 17.2. The zero-order valence-corrected chi connectivity index (χ0v) is 41.4. The van der Waals surface area contributed by atoms with Crippen LogP contribution in [0.4, 0.5) is 4.39 Å². The normalized spacial score (nSPS) is 14.0. The van der Waals surface area contributed by atoms with E-state index in [4.69, 9.17) is 47.4 Å². The van der Waals surface area contributed by atoms with Gasteiger partial charge in [0.25, 0.3) is 0 Å². The molecule has 0 amide bonds. The number of carbonyl (C=O) groups is 1. The number of hydrogen-bond acceptors (Lipinski definition) is 11. The molecule has 0 fully saturated rings. The molecule has 2 atom stereocenters. The number of methoxy groups -OCH3 is 1. The Morgan fingerprint density at radius 3 is 1.61 bits per heavy atom. The first-order valence-electron chi connectivity index (χ1n) is 24.9. The lowest BCUT2D eigenvalue weighted by atomic mass is 9.93. The van der Waals surface area contributed by atoms with Gasteiger partial charge < -0.3 is 47.4 Å². The SMILES string of the molecule is CCCCOc1cc(OCCCC)c2c(c1)O[C@@H](c1cc(OCCCC)c(OCCCC)c(OCCCC)c1)[C@H](OC(=O)c1cc(OC)c(OCc3ccccc3)c(OCc3ccccc3)c1F)C2. The maximum Gasteiger partial charge on any atom is 0.341 e. The number of unbranched alkanes of at least 4 members (excludes halogenated alkanes) is 5. The van der Waals surface area contributed by atoms with Gasteiger partial charge >= 0.3 is 5.97 Å². The van der Waals surface area contributed by atoms with Crippen molar-refractivity contribution in [3.05, 3.63) is 125 Å². The molecule has 0 unspecified atom stereocenters. The second kappa shape index (κ2) is 27.6. The van der Waals surface area contributed by atoms with Crippen molar-refractivity contribution in [1.29, 1.82) is 0 Å². The minimum atomic E-state index is -1.02. The Labute approximate surface area is 408 Å². The van der Waals surface area contributed by atoms with Crippen molar-refractivity contribution in [2.75, 3.05) is 40.1 Å². The van der Waals surface area contributed by atoms with Crippen LogP contribution < -0.4 is 42.6 Å². The van der Waals surface area contributed by atoms with E-state index in [0.717, 1.165) is 75.3 Å². The van der Waals surface area contributed by atoms with Crippen LogP contribution in [0.1, 0.15) is 138 Å². The summed E-state index contributed by atoms with van der Waals surface area (Å²) in [5, 5.41) is 0. The van der Waals surface area contributed by atoms with Gasteiger partial charge in [-0.05, 0) is 55.4 Å². The van der Waals surface area contributed by atoms with Crippen molar-refractivity contribution in [3.63, 3.8) is 0 Å². The highest BCUT2D eigenvalue weighted by Gasteiger charge is 2.39. The molecule has 1 heterocycles. The lowest BCUT2D eigenvalue weighted by molar-refractivity contribution is -0.0194. The molecule has 0 spiro atoms. The Morgan fingerprint density at radius 1 is 0.565 bits per heavy atom. The van der Waals surface area contributed by atoms with Crippen LogP contribution in [0, 0.1) is 5.82 Å². The Morgan fingerprint density at radius 2 is 1.07 bits per heavy atom. The molecule has 1 aliphatic heterocycles. The number of fused-ring (bicyclic) bond motifs is 1. The number of ether oxygens (including phenoxy) is 10. The van der Waals surface area contributed by atoms with Gasteiger partial charge in [-0.1, -0.05) is 127 Å². The molecule has 0 radical (unpaired) electrons. The summed E-state index contributed by atoms with van der Waals surface area (Å²) in [6, 6.07) is 27.6. The lowest BCUT2D eigenvalue weighted by Crippen LogP contribution is -2.35. The fourth-order valence-corrected chi connectivity index (χ4v) is 7.59. The Bertz CT molecular complexity index is 2310. The average Bonchev–Trinajstić information content (AvgIpc) is 3.36. The fourth-order valence-electron chi connectivity index (χ4n) is 7.59. The van der Waals surface area contributed by atoms with Gasteiger partial charge in [0.2, 0.25) is 17.2 Å². The highest BCUT2D eigenvalue weighted by molar-refractivity contribution is 5.92. The molecule has 5 aromatic carbocycles. The summed E-state index contributed by atoms with van der Waals surface area (Å²) >= 11 is 0. The van der Waals surface area contributed by atoms with Crippen LogP contribution in [-0.2, 0) is 24.4 Å². The van der Waals surface area contributed by atoms with Crippen LogP contribution in [0.2, 0.25) is 0 Å². The molecular weight excluding hydrogens is 880 g/mol. The van der Waals surface area contributed by atoms with Crippen molar-refractivity contribution in [2.45, 2.75) is 131 Å². The zero-order chi connectivity index (χ0) is 48.8. The average molecular weight is 951 g/mol. The van der Waals surface area contributed by atoms with E-state index in [2.05, 4.69) is 34.6 Å². The third-order valence-electron chi connectivity index (χ3n) is 11.6. The summed E-state index contributed by atoms with van der Waals surface area (Å²) in [5.41, 5.74) is 2.53. The molecule has 372 valence electrons. The molecule has 0 bridgehead atoms. The summed E-state index contributed by atoms with van der Waals surface area (Å²) in [6.45, 7) is 13.0. The van der Waals surface area contributed by atoms with Gasteiger partial charge in [0.15, 0.2) is 29.2 Å². The molecule has 6 rings (SSSR count). The van der Waals surface area contributed by atoms with E-state index < -0.39 is 29.6 Å².